The van der Waals surface area contributed by atoms with Gasteiger partial charge in [0.25, 0.3) is 5.91 Å². The fourth-order valence-corrected chi connectivity index (χ4v) is 10.9. The zero-order chi connectivity index (χ0) is 50.1. The zero-order valence-electron chi connectivity index (χ0n) is 39.3. The van der Waals surface area contributed by atoms with Gasteiger partial charge in [0, 0.05) is 43.4 Å². The van der Waals surface area contributed by atoms with Crippen molar-refractivity contribution in [3.8, 4) is 0 Å². The second-order valence-electron chi connectivity index (χ2n) is 18.5. The van der Waals surface area contributed by atoms with E-state index in [1.807, 2.05) is 6.26 Å². The fourth-order valence-electron chi connectivity index (χ4n) is 10.7. The van der Waals surface area contributed by atoms with E-state index in [2.05, 4.69) is 5.32 Å². The van der Waals surface area contributed by atoms with Gasteiger partial charge in [-0.2, -0.15) is 11.8 Å². The molecule has 17 nitrogen and oxygen atoms in total. The van der Waals surface area contributed by atoms with Gasteiger partial charge < -0.3 is 48.7 Å². The average molecular weight is 972 g/mol. The average Bonchev–Trinajstić information content (AvgIpc) is 3.31. The topological polar surface area (TPSA) is 237 Å². The van der Waals surface area contributed by atoms with Crippen molar-refractivity contribution in [1.29, 1.82) is 0 Å². The van der Waals surface area contributed by atoms with Gasteiger partial charge in [0.2, 0.25) is 0 Å². The van der Waals surface area contributed by atoms with E-state index in [0.717, 1.165) is 13.8 Å². The number of hydrogen-bond acceptors (Lipinski definition) is 17. The Bertz CT molecular complexity index is 2480. The van der Waals surface area contributed by atoms with Gasteiger partial charge in [-0.1, -0.05) is 80.6 Å². The Morgan fingerprint density at radius 2 is 1.45 bits per heavy atom. The molecule has 4 aliphatic rings. The molecule has 0 radical (unpaired) electrons. The van der Waals surface area contributed by atoms with Gasteiger partial charge in [0.1, 0.15) is 36.6 Å². The number of nitrogens with one attached hydrogen (secondary N) is 1. The van der Waals surface area contributed by atoms with Crippen molar-refractivity contribution in [3.05, 3.63) is 119 Å². The number of Topliss-reactive ketones (excluding diaryl/α,β-unsaturated/α-hetero) is 1. The van der Waals surface area contributed by atoms with Crippen molar-refractivity contribution in [2.45, 2.75) is 108 Å². The number of thioether (sulfide) groups is 1. The standard InChI is InChI=1S/C51H57NO16S/c1-28-34(65-46(59)39(55)38(31-17-11-8-12-18-31)52-44(57)32-19-13-9-14-20-32)26-51(61)43(67-45(58)33-21-15-10-16-22-33)41-49(6,42(56)40(64-29(2)53)37(28)48(51,4)5)35(66-47(60)62-23-24-69-7)25-36-50(41,27-63-36)68-30(3)54/h8-22,34-36,38-41,43,55,61H,23-27H2,1-7H3,(H,52,57)/t34-,35-,36+,38-,39+,40+,41?,43-,49+,50-,51+/m0/s1. The first-order valence-corrected chi connectivity index (χ1v) is 23.9. The Kier molecular flexibility index (Phi) is 14.8. The van der Waals surface area contributed by atoms with Gasteiger partial charge in [0.15, 0.2) is 23.6 Å². The lowest BCUT2D eigenvalue weighted by Crippen LogP contribution is -2.82. The van der Waals surface area contributed by atoms with E-state index >= 15 is 4.79 Å². The molecule has 1 aliphatic heterocycles. The first-order valence-electron chi connectivity index (χ1n) is 22.5. The summed E-state index contributed by atoms with van der Waals surface area (Å²) in [6, 6.07) is 22.8. The van der Waals surface area contributed by atoms with Crippen LogP contribution in [0.2, 0.25) is 0 Å². The summed E-state index contributed by atoms with van der Waals surface area (Å²) in [6.07, 6.45) is -10.2. The van der Waals surface area contributed by atoms with E-state index in [4.69, 9.17) is 33.2 Å². The quantitative estimate of drug-likeness (QED) is 0.0809. The molecule has 3 fully saturated rings. The highest BCUT2D eigenvalue weighted by Crippen LogP contribution is 2.65. The number of esters is 4. The largest absolute Gasteiger partial charge is 0.508 e. The van der Waals surface area contributed by atoms with Crippen molar-refractivity contribution in [3.63, 3.8) is 0 Å². The molecular weight excluding hydrogens is 915 g/mol. The molecule has 3 aliphatic carbocycles. The van der Waals surface area contributed by atoms with Gasteiger partial charge in [-0.05, 0) is 61.1 Å². The Morgan fingerprint density at radius 1 is 0.841 bits per heavy atom. The fraction of sp³-hybridized carbons (Fsp3) is 0.471. The van der Waals surface area contributed by atoms with Crippen LogP contribution in [0.4, 0.5) is 4.79 Å². The smallest absolute Gasteiger partial charge is 0.456 e. The molecule has 368 valence electrons. The first-order chi connectivity index (χ1) is 32.7. The molecule has 69 heavy (non-hydrogen) atoms. The van der Waals surface area contributed by atoms with Gasteiger partial charge in [0.05, 0.1) is 29.5 Å². The van der Waals surface area contributed by atoms with E-state index in [-0.39, 0.29) is 41.9 Å². The Balaban J connectivity index is 1.41. The number of fused-ring (bicyclic) bond motifs is 5. The van der Waals surface area contributed by atoms with Gasteiger partial charge in [-0.3, -0.25) is 19.2 Å². The molecule has 11 atom stereocenters. The molecule has 2 bridgehead atoms. The summed E-state index contributed by atoms with van der Waals surface area (Å²) in [5.41, 5.74) is -7.50. The molecule has 2 saturated carbocycles. The minimum Gasteiger partial charge on any atom is -0.456 e. The number of amides is 1. The number of rotatable bonds is 14. The number of benzene rings is 3. The summed E-state index contributed by atoms with van der Waals surface area (Å²) in [5, 5.41) is 28.6. The summed E-state index contributed by atoms with van der Waals surface area (Å²) < 4.78 is 42.2. The third-order valence-electron chi connectivity index (χ3n) is 14.2. The molecule has 1 unspecified atom stereocenters. The van der Waals surface area contributed by atoms with Crippen molar-refractivity contribution >= 4 is 53.5 Å². The van der Waals surface area contributed by atoms with E-state index in [1.165, 1.54) is 37.7 Å². The summed E-state index contributed by atoms with van der Waals surface area (Å²) in [4.78, 5) is 98.6. The lowest BCUT2D eigenvalue weighted by atomic mass is 9.44. The van der Waals surface area contributed by atoms with Crippen LogP contribution < -0.4 is 5.32 Å². The maximum absolute atomic E-state index is 16.1. The molecule has 1 amide bonds. The van der Waals surface area contributed by atoms with Crippen LogP contribution in [0, 0.1) is 16.7 Å². The molecule has 0 spiro atoms. The molecule has 7 rings (SSSR count). The second-order valence-corrected chi connectivity index (χ2v) is 19.5. The molecule has 3 aromatic carbocycles. The highest BCUT2D eigenvalue weighted by atomic mass is 32.2. The van der Waals surface area contributed by atoms with Crippen LogP contribution >= 0.6 is 11.8 Å². The van der Waals surface area contributed by atoms with E-state index in [1.54, 1.807) is 92.7 Å². The predicted molar refractivity (Wildman–Crippen MR) is 246 cm³/mol. The molecular formula is C51H57NO16S. The zero-order valence-corrected chi connectivity index (χ0v) is 40.1. The van der Waals surface area contributed by atoms with Gasteiger partial charge >= 0.3 is 30.0 Å². The van der Waals surface area contributed by atoms with Crippen molar-refractivity contribution in [1.82, 2.24) is 5.32 Å². The summed E-state index contributed by atoms with van der Waals surface area (Å²) >= 11 is 1.41. The summed E-state index contributed by atoms with van der Waals surface area (Å²) in [6.45, 7) is 7.81. The monoisotopic (exact) mass is 971 g/mol. The minimum atomic E-state index is -2.47. The summed E-state index contributed by atoms with van der Waals surface area (Å²) in [5.74, 6) is -6.71. The van der Waals surface area contributed by atoms with Crippen LogP contribution in [0.1, 0.15) is 86.7 Å². The molecule has 18 heteroatoms. The summed E-state index contributed by atoms with van der Waals surface area (Å²) in [7, 11) is 0. The first kappa shape index (κ1) is 50.8. The van der Waals surface area contributed by atoms with E-state index in [9.17, 15) is 39.0 Å². The lowest BCUT2D eigenvalue weighted by Gasteiger charge is -2.67. The molecule has 3 aromatic rings. The van der Waals surface area contributed by atoms with Crippen LogP contribution in [0.5, 0.6) is 0 Å². The lowest BCUT2D eigenvalue weighted by molar-refractivity contribution is -0.346. The number of ether oxygens (including phenoxy) is 7. The maximum atomic E-state index is 16.1. The van der Waals surface area contributed by atoms with Crippen molar-refractivity contribution < 1.29 is 76.9 Å². The second kappa shape index (κ2) is 20.1. The predicted octanol–water partition coefficient (Wildman–Crippen LogP) is 5.26. The number of ketones is 1. The highest BCUT2D eigenvalue weighted by molar-refractivity contribution is 7.98. The van der Waals surface area contributed by atoms with Crippen LogP contribution in [0.25, 0.3) is 0 Å². The Labute approximate surface area is 403 Å². The molecule has 0 aromatic heterocycles. The Morgan fingerprint density at radius 3 is 2.01 bits per heavy atom. The molecule has 3 N–H and O–H groups in total. The van der Waals surface area contributed by atoms with Crippen LogP contribution in [0.3, 0.4) is 0 Å². The number of aliphatic hydroxyl groups is 2. The third-order valence-corrected chi connectivity index (χ3v) is 14.8. The maximum Gasteiger partial charge on any atom is 0.508 e. The number of carbonyl (C=O) groups excluding carboxylic acids is 7. The van der Waals surface area contributed by atoms with E-state index in [0.29, 0.717) is 11.3 Å². The third kappa shape index (κ3) is 9.38. The van der Waals surface area contributed by atoms with Gasteiger partial charge in [-0.15, -0.1) is 0 Å². The van der Waals surface area contributed by atoms with Gasteiger partial charge in [-0.25, -0.2) is 14.4 Å². The van der Waals surface area contributed by atoms with E-state index < -0.39 is 119 Å². The normalized spacial score (nSPS) is 29.7. The SMILES string of the molecule is CSCCOC(=O)O[C@H]1C[C@H]2OC[C@@]2(OC(C)=O)C2[C@H](OC(=O)c3ccccc3)[C@]3(O)C[C@H](OC(=O)[C@H](O)[C@@H](NC(=O)c4ccccc4)c4ccccc4)C(C)=C([C@@H](OC(C)=O)C(=O)[C@@]21C)C3(C)C. The van der Waals surface area contributed by atoms with Crippen LogP contribution in [-0.2, 0) is 52.3 Å². The number of carbonyl (C=O) groups is 7. The van der Waals surface area contributed by atoms with Crippen molar-refractivity contribution in [2.24, 2.45) is 16.7 Å². The van der Waals surface area contributed by atoms with Crippen LogP contribution in [-0.4, -0.2) is 125 Å². The molecule has 1 saturated heterocycles. The van der Waals surface area contributed by atoms with Crippen molar-refractivity contribution in [2.75, 3.05) is 25.2 Å². The minimum absolute atomic E-state index is 0.0362. The molecule has 1 heterocycles. The van der Waals surface area contributed by atoms with Crippen LogP contribution in [0.15, 0.2) is 102 Å². The highest BCUT2D eigenvalue weighted by Gasteiger charge is 2.79. The Hall–Kier alpha value is -6.08. The number of hydrogen-bond donors (Lipinski definition) is 3. The number of aliphatic hydroxyl groups excluding tert-OH is 1.